The molecular weight excluding hydrogens is 100 g/mol. The van der Waals surface area contributed by atoms with E-state index in [1.807, 2.05) is 0 Å². The smallest absolute Gasteiger partial charge is 0.0464 e. The van der Waals surface area contributed by atoms with E-state index in [2.05, 4.69) is 13.8 Å². The average molecular weight is 114 g/mol. The van der Waals surface area contributed by atoms with Crippen LogP contribution in [0.3, 0.4) is 0 Å². The molecule has 1 aliphatic rings. The van der Waals surface area contributed by atoms with Crippen LogP contribution in [-0.2, 0) is 0 Å². The Labute approximate surface area is 50.7 Å². The first kappa shape index (κ1) is 6.09. The van der Waals surface area contributed by atoms with Gasteiger partial charge in [0.25, 0.3) is 0 Å². The van der Waals surface area contributed by atoms with Crippen LogP contribution in [0, 0.1) is 11.3 Å². The second-order valence-corrected chi connectivity index (χ2v) is 3.09. The molecule has 1 nitrogen and oxygen atoms in total. The Morgan fingerprint density at radius 2 is 2.38 bits per heavy atom. The summed E-state index contributed by atoms with van der Waals surface area (Å²) in [6.07, 6.45) is 2.46. The van der Waals surface area contributed by atoms with Crippen molar-refractivity contribution < 1.29 is 5.11 Å². The Morgan fingerprint density at radius 3 is 2.50 bits per heavy atom. The highest BCUT2D eigenvalue weighted by Gasteiger charge is 2.47. The predicted octanol–water partition coefficient (Wildman–Crippen LogP) is 1.41. The van der Waals surface area contributed by atoms with Crippen molar-refractivity contribution in [2.75, 3.05) is 6.61 Å². The molecule has 0 spiro atoms. The van der Waals surface area contributed by atoms with E-state index in [-0.39, 0.29) is 0 Å². The van der Waals surface area contributed by atoms with Crippen LogP contribution >= 0.6 is 0 Å². The predicted molar refractivity (Wildman–Crippen MR) is 33.6 cm³/mol. The lowest BCUT2D eigenvalue weighted by molar-refractivity contribution is 0.251. The quantitative estimate of drug-likeness (QED) is 0.575. The summed E-state index contributed by atoms with van der Waals surface area (Å²) >= 11 is 0. The molecule has 1 aliphatic carbocycles. The highest BCUT2D eigenvalue weighted by Crippen LogP contribution is 2.54. The SMILES string of the molecule is CC[C@@]1(C)C[C@@H]1CO. The van der Waals surface area contributed by atoms with Gasteiger partial charge in [-0.25, -0.2) is 0 Å². The standard InChI is InChI=1S/C7H14O/c1-3-7(2)4-6(7)5-8/h6,8H,3-5H2,1-2H3/t6-,7+/m1/s1. The molecule has 0 bridgehead atoms. The van der Waals surface area contributed by atoms with E-state index in [0.29, 0.717) is 17.9 Å². The molecule has 0 heterocycles. The van der Waals surface area contributed by atoms with Gasteiger partial charge in [0.2, 0.25) is 0 Å². The molecule has 0 unspecified atom stereocenters. The molecule has 0 radical (unpaired) electrons. The molecule has 0 aromatic heterocycles. The van der Waals surface area contributed by atoms with E-state index in [0.717, 1.165) is 0 Å². The van der Waals surface area contributed by atoms with Gasteiger partial charge in [0.1, 0.15) is 0 Å². The molecule has 0 aromatic rings. The molecule has 1 saturated carbocycles. The monoisotopic (exact) mass is 114 g/mol. The lowest BCUT2D eigenvalue weighted by atomic mass is 10.0. The molecule has 1 heteroatoms. The van der Waals surface area contributed by atoms with Gasteiger partial charge >= 0.3 is 0 Å². The molecule has 8 heavy (non-hydrogen) atoms. The van der Waals surface area contributed by atoms with Gasteiger partial charge in [0.05, 0.1) is 0 Å². The van der Waals surface area contributed by atoms with Crippen LogP contribution in [0.4, 0.5) is 0 Å². The van der Waals surface area contributed by atoms with Gasteiger partial charge in [0.15, 0.2) is 0 Å². The molecule has 0 aromatic carbocycles. The normalized spacial score (nSPS) is 44.6. The van der Waals surface area contributed by atoms with E-state index < -0.39 is 0 Å². The third kappa shape index (κ3) is 0.752. The van der Waals surface area contributed by atoms with Crippen LogP contribution in [0.1, 0.15) is 26.7 Å². The summed E-state index contributed by atoms with van der Waals surface area (Å²) in [5.74, 6) is 0.618. The Kier molecular flexibility index (Phi) is 1.31. The molecular formula is C7H14O. The topological polar surface area (TPSA) is 20.2 Å². The van der Waals surface area contributed by atoms with E-state index in [1.54, 1.807) is 0 Å². The molecule has 1 N–H and O–H groups in total. The molecule has 0 saturated heterocycles. The van der Waals surface area contributed by atoms with E-state index in [4.69, 9.17) is 5.11 Å². The third-order valence-electron chi connectivity index (χ3n) is 2.57. The van der Waals surface area contributed by atoms with Crippen LogP contribution in [0.25, 0.3) is 0 Å². The maximum Gasteiger partial charge on any atom is 0.0464 e. The first-order valence-electron chi connectivity index (χ1n) is 3.34. The maximum absolute atomic E-state index is 8.67. The molecule has 0 aliphatic heterocycles. The number of hydrogen-bond acceptors (Lipinski definition) is 1. The summed E-state index contributed by atoms with van der Waals surface area (Å²) in [5.41, 5.74) is 0.509. The van der Waals surface area contributed by atoms with E-state index >= 15 is 0 Å². The van der Waals surface area contributed by atoms with Crippen molar-refractivity contribution in [2.24, 2.45) is 11.3 Å². The average Bonchev–Trinajstić information content (AvgIpc) is 2.44. The van der Waals surface area contributed by atoms with E-state index in [9.17, 15) is 0 Å². The Hall–Kier alpha value is -0.0400. The Morgan fingerprint density at radius 1 is 1.75 bits per heavy atom. The van der Waals surface area contributed by atoms with Gasteiger partial charge in [-0.2, -0.15) is 0 Å². The first-order valence-corrected chi connectivity index (χ1v) is 3.34. The zero-order valence-corrected chi connectivity index (χ0v) is 5.65. The third-order valence-corrected chi connectivity index (χ3v) is 2.57. The van der Waals surface area contributed by atoms with Crippen LogP contribution < -0.4 is 0 Å². The zero-order chi connectivity index (χ0) is 6.20. The highest BCUT2D eigenvalue weighted by atomic mass is 16.3. The minimum atomic E-state index is 0.393. The maximum atomic E-state index is 8.67. The zero-order valence-electron chi connectivity index (χ0n) is 5.65. The van der Waals surface area contributed by atoms with E-state index in [1.165, 1.54) is 12.8 Å². The summed E-state index contributed by atoms with van der Waals surface area (Å²) < 4.78 is 0. The van der Waals surface area contributed by atoms with Crippen LogP contribution in [-0.4, -0.2) is 11.7 Å². The number of rotatable bonds is 2. The summed E-state index contributed by atoms with van der Waals surface area (Å²) in [7, 11) is 0. The van der Waals surface area contributed by atoms with Gasteiger partial charge in [0, 0.05) is 6.61 Å². The second kappa shape index (κ2) is 1.73. The van der Waals surface area contributed by atoms with Crippen LogP contribution in [0.2, 0.25) is 0 Å². The fraction of sp³-hybridized carbons (Fsp3) is 1.00. The van der Waals surface area contributed by atoms with Crippen molar-refractivity contribution in [1.29, 1.82) is 0 Å². The van der Waals surface area contributed by atoms with Gasteiger partial charge in [-0.05, 0) is 17.8 Å². The summed E-state index contributed by atoms with van der Waals surface area (Å²) in [4.78, 5) is 0. The number of aliphatic hydroxyl groups is 1. The molecule has 48 valence electrons. The lowest BCUT2D eigenvalue weighted by Crippen LogP contribution is -1.97. The summed E-state index contributed by atoms with van der Waals surface area (Å²) in [6, 6.07) is 0. The minimum Gasteiger partial charge on any atom is -0.396 e. The second-order valence-electron chi connectivity index (χ2n) is 3.09. The van der Waals surface area contributed by atoms with Crippen molar-refractivity contribution in [2.45, 2.75) is 26.7 Å². The lowest BCUT2D eigenvalue weighted by Gasteiger charge is -2.02. The number of hydrogen-bond donors (Lipinski definition) is 1. The highest BCUT2D eigenvalue weighted by molar-refractivity contribution is 4.96. The Balaban J connectivity index is 2.31. The molecule has 0 amide bonds. The van der Waals surface area contributed by atoms with Gasteiger partial charge in [-0.15, -0.1) is 0 Å². The fourth-order valence-corrected chi connectivity index (χ4v) is 1.22. The van der Waals surface area contributed by atoms with Crippen molar-refractivity contribution in [1.82, 2.24) is 0 Å². The molecule has 2 atom stereocenters. The summed E-state index contributed by atoms with van der Waals surface area (Å²) in [6.45, 7) is 4.83. The van der Waals surface area contributed by atoms with Crippen molar-refractivity contribution >= 4 is 0 Å². The minimum absolute atomic E-state index is 0.393. The van der Waals surface area contributed by atoms with Crippen molar-refractivity contribution in [3.63, 3.8) is 0 Å². The van der Waals surface area contributed by atoms with Crippen LogP contribution in [0.15, 0.2) is 0 Å². The van der Waals surface area contributed by atoms with Crippen LogP contribution in [0.5, 0.6) is 0 Å². The molecule has 1 fully saturated rings. The molecule has 1 rings (SSSR count). The fourth-order valence-electron chi connectivity index (χ4n) is 1.22. The van der Waals surface area contributed by atoms with Crippen molar-refractivity contribution in [3.8, 4) is 0 Å². The Bertz CT molecular complexity index is 90.4. The van der Waals surface area contributed by atoms with Gasteiger partial charge in [-0.1, -0.05) is 20.3 Å². The van der Waals surface area contributed by atoms with Crippen molar-refractivity contribution in [3.05, 3.63) is 0 Å². The summed E-state index contributed by atoms with van der Waals surface area (Å²) in [5, 5.41) is 8.67. The van der Waals surface area contributed by atoms with Gasteiger partial charge < -0.3 is 5.11 Å². The van der Waals surface area contributed by atoms with Gasteiger partial charge in [-0.3, -0.25) is 0 Å². The largest absolute Gasteiger partial charge is 0.396 e. The first-order chi connectivity index (χ1) is 3.73. The number of aliphatic hydroxyl groups excluding tert-OH is 1.